The zero-order valence-corrected chi connectivity index (χ0v) is 7.13. The molecule has 0 radical (unpaired) electrons. The van der Waals surface area contributed by atoms with Crippen LogP contribution in [0.1, 0.15) is 25.8 Å². The number of furan rings is 1. The van der Waals surface area contributed by atoms with E-state index in [1.54, 1.807) is 12.5 Å². The monoisotopic (exact) mass is 153 g/mol. The van der Waals surface area contributed by atoms with Gasteiger partial charge in [0.2, 0.25) is 0 Å². The zero-order chi connectivity index (χ0) is 8.32. The third-order valence-corrected chi connectivity index (χ3v) is 1.64. The molecule has 0 aromatic carbocycles. The highest BCUT2D eigenvalue weighted by Crippen LogP contribution is 2.10. The second-order valence-electron chi connectivity index (χ2n) is 3.62. The molecular formula is C9H15NO. The molecule has 2 N–H and O–H groups in total. The van der Waals surface area contributed by atoms with Crippen LogP contribution in [-0.2, 0) is 6.42 Å². The average molecular weight is 153 g/mol. The van der Waals surface area contributed by atoms with Gasteiger partial charge in [0.1, 0.15) is 0 Å². The number of rotatable bonds is 3. The molecule has 0 saturated carbocycles. The molecule has 2 nitrogen and oxygen atoms in total. The van der Waals surface area contributed by atoms with Crippen molar-refractivity contribution < 1.29 is 4.42 Å². The Balaban J connectivity index is 2.35. The van der Waals surface area contributed by atoms with Crippen LogP contribution in [0.25, 0.3) is 0 Å². The summed E-state index contributed by atoms with van der Waals surface area (Å²) in [4.78, 5) is 0. The molecule has 0 amide bonds. The van der Waals surface area contributed by atoms with E-state index < -0.39 is 0 Å². The van der Waals surface area contributed by atoms with Gasteiger partial charge in [-0.05, 0) is 38.3 Å². The van der Waals surface area contributed by atoms with Crippen molar-refractivity contribution >= 4 is 0 Å². The fourth-order valence-electron chi connectivity index (χ4n) is 0.901. The van der Waals surface area contributed by atoms with Crippen LogP contribution in [0.5, 0.6) is 0 Å². The van der Waals surface area contributed by atoms with E-state index in [9.17, 15) is 0 Å². The van der Waals surface area contributed by atoms with E-state index in [2.05, 4.69) is 0 Å². The maximum absolute atomic E-state index is 5.82. The van der Waals surface area contributed by atoms with Crippen LogP contribution >= 0.6 is 0 Å². The Hall–Kier alpha value is -0.760. The molecule has 0 atom stereocenters. The highest BCUT2D eigenvalue weighted by Gasteiger charge is 2.10. The third-order valence-electron chi connectivity index (χ3n) is 1.64. The smallest absolute Gasteiger partial charge is 0.0934 e. The molecule has 0 spiro atoms. The molecular weight excluding hydrogens is 138 g/mol. The summed E-state index contributed by atoms with van der Waals surface area (Å²) in [5.41, 5.74) is 6.97. The van der Waals surface area contributed by atoms with Gasteiger partial charge in [0.05, 0.1) is 12.5 Å². The summed E-state index contributed by atoms with van der Waals surface area (Å²) in [6, 6.07) is 1.98. The third kappa shape index (κ3) is 3.23. The summed E-state index contributed by atoms with van der Waals surface area (Å²) >= 11 is 0. The SMILES string of the molecule is CC(C)(N)CCc1ccoc1. The summed E-state index contributed by atoms with van der Waals surface area (Å²) in [5, 5.41) is 0. The van der Waals surface area contributed by atoms with E-state index in [1.165, 1.54) is 5.56 Å². The van der Waals surface area contributed by atoms with Crippen molar-refractivity contribution in [3.8, 4) is 0 Å². The lowest BCUT2D eigenvalue weighted by molar-refractivity contribution is 0.474. The second kappa shape index (κ2) is 3.09. The lowest BCUT2D eigenvalue weighted by Crippen LogP contribution is -2.32. The molecule has 0 aliphatic carbocycles. The van der Waals surface area contributed by atoms with Crippen LogP contribution in [0.3, 0.4) is 0 Å². The Morgan fingerprint density at radius 3 is 2.73 bits per heavy atom. The van der Waals surface area contributed by atoms with E-state index in [4.69, 9.17) is 10.2 Å². The van der Waals surface area contributed by atoms with Crippen LogP contribution in [0, 0.1) is 0 Å². The van der Waals surface area contributed by atoms with Gasteiger partial charge in [0.15, 0.2) is 0 Å². The molecule has 0 aliphatic heterocycles. The number of hydrogen-bond acceptors (Lipinski definition) is 2. The quantitative estimate of drug-likeness (QED) is 0.720. The number of hydrogen-bond donors (Lipinski definition) is 1. The van der Waals surface area contributed by atoms with Gasteiger partial charge in [-0.3, -0.25) is 0 Å². The van der Waals surface area contributed by atoms with Crippen LogP contribution in [0.4, 0.5) is 0 Å². The first-order valence-corrected chi connectivity index (χ1v) is 3.88. The normalized spacial score (nSPS) is 11.9. The van der Waals surface area contributed by atoms with E-state index in [0.717, 1.165) is 12.8 Å². The molecule has 2 heteroatoms. The Morgan fingerprint density at radius 2 is 2.27 bits per heavy atom. The van der Waals surface area contributed by atoms with Crippen molar-refractivity contribution in [3.63, 3.8) is 0 Å². The zero-order valence-electron chi connectivity index (χ0n) is 7.13. The minimum atomic E-state index is -0.0722. The maximum Gasteiger partial charge on any atom is 0.0934 e. The van der Waals surface area contributed by atoms with Gasteiger partial charge in [0, 0.05) is 5.54 Å². The molecule has 0 bridgehead atoms. The Kier molecular flexibility index (Phi) is 2.35. The van der Waals surface area contributed by atoms with Crippen LogP contribution in [0.2, 0.25) is 0 Å². The van der Waals surface area contributed by atoms with Gasteiger partial charge in [-0.15, -0.1) is 0 Å². The molecule has 1 rings (SSSR count). The van der Waals surface area contributed by atoms with Gasteiger partial charge in [-0.25, -0.2) is 0 Å². The molecule has 0 fully saturated rings. The van der Waals surface area contributed by atoms with Crippen LogP contribution < -0.4 is 5.73 Å². The predicted molar refractivity (Wildman–Crippen MR) is 45.3 cm³/mol. The molecule has 1 aromatic rings. The maximum atomic E-state index is 5.82. The first kappa shape index (κ1) is 8.34. The average Bonchev–Trinajstić information content (AvgIpc) is 2.32. The lowest BCUT2D eigenvalue weighted by Gasteiger charge is -2.16. The molecule has 0 saturated heterocycles. The summed E-state index contributed by atoms with van der Waals surface area (Å²) in [7, 11) is 0. The molecule has 0 unspecified atom stereocenters. The van der Waals surface area contributed by atoms with Crippen molar-refractivity contribution in [3.05, 3.63) is 24.2 Å². The minimum Gasteiger partial charge on any atom is -0.472 e. The first-order valence-electron chi connectivity index (χ1n) is 3.88. The number of nitrogens with two attached hydrogens (primary N) is 1. The van der Waals surface area contributed by atoms with Crippen molar-refractivity contribution in [2.75, 3.05) is 0 Å². The Bertz CT molecular complexity index is 196. The largest absolute Gasteiger partial charge is 0.472 e. The van der Waals surface area contributed by atoms with Crippen molar-refractivity contribution in [1.29, 1.82) is 0 Å². The minimum absolute atomic E-state index is 0.0722. The van der Waals surface area contributed by atoms with Crippen molar-refractivity contribution in [2.24, 2.45) is 5.73 Å². The van der Waals surface area contributed by atoms with Gasteiger partial charge in [-0.1, -0.05) is 0 Å². The van der Waals surface area contributed by atoms with E-state index in [1.807, 2.05) is 19.9 Å². The van der Waals surface area contributed by atoms with Crippen molar-refractivity contribution in [2.45, 2.75) is 32.2 Å². The van der Waals surface area contributed by atoms with E-state index in [-0.39, 0.29) is 5.54 Å². The number of aryl methyl sites for hydroxylation is 1. The molecule has 1 aromatic heterocycles. The van der Waals surface area contributed by atoms with Gasteiger partial charge >= 0.3 is 0 Å². The van der Waals surface area contributed by atoms with Gasteiger partial charge in [0.25, 0.3) is 0 Å². The topological polar surface area (TPSA) is 39.2 Å². The lowest BCUT2D eigenvalue weighted by atomic mass is 9.98. The fourth-order valence-corrected chi connectivity index (χ4v) is 0.901. The summed E-state index contributed by atoms with van der Waals surface area (Å²) < 4.78 is 4.94. The summed E-state index contributed by atoms with van der Waals surface area (Å²) in [6.07, 6.45) is 5.46. The van der Waals surface area contributed by atoms with Crippen LogP contribution in [-0.4, -0.2) is 5.54 Å². The van der Waals surface area contributed by atoms with E-state index >= 15 is 0 Å². The standard InChI is InChI=1S/C9H15NO/c1-9(2,10)5-3-8-4-6-11-7-8/h4,6-7H,3,5,10H2,1-2H3. The van der Waals surface area contributed by atoms with E-state index in [0.29, 0.717) is 0 Å². The molecule has 62 valence electrons. The van der Waals surface area contributed by atoms with Crippen molar-refractivity contribution in [1.82, 2.24) is 0 Å². The molecule has 0 aliphatic rings. The first-order chi connectivity index (χ1) is 5.08. The fraction of sp³-hybridized carbons (Fsp3) is 0.556. The summed E-state index contributed by atoms with van der Waals surface area (Å²) in [5.74, 6) is 0. The van der Waals surface area contributed by atoms with Gasteiger partial charge < -0.3 is 10.2 Å². The Morgan fingerprint density at radius 1 is 1.55 bits per heavy atom. The van der Waals surface area contributed by atoms with Gasteiger partial charge in [-0.2, -0.15) is 0 Å². The second-order valence-corrected chi connectivity index (χ2v) is 3.62. The molecule has 11 heavy (non-hydrogen) atoms. The predicted octanol–water partition coefficient (Wildman–Crippen LogP) is 1.95. The highest BCUT2D eigenvalue weighted by molar-refractivity contribution is 5.05. The molecule has 1 heterocycles. The summed E-state index contributed by atoms with van der Waals surface area (Å²) in [6.45, 7) is 4.07. The van der Waals surface area contributed by atoms with Crippen LogP contribution in [0.15, 0.2) is 23.0 Å². The Labute approximate surface area is 67.4 Å². The highest BCUT2D eigenvalue weighted by atomic mass is 16.3.